The average Bonchev–Trinajstić information content (AvgIpc) is 2.40. The van der Waals surface area contributed by atoms with Gasteiger partial charge in [0.05, 0.1) is 13.7 Å². The molecule has 0 bridgehead atoms. The first-order valence-electron chi connectivity index (χ1n) is 6.44. The number of benzene rings is 1. The zero-order valence-electron chi connectivity index (χ0n) is 11.2. The van der Waals surface area contributed by atoms with Gasteiger partial charge >= 0.3 is 0 Å². The minimum absolute atomic E-state index is 0. The zero-order valence-corrected chi connectivity index (χ0v) is 12.0. The molecule has 1 saturated heterocycles. The van der Waals surface area contributed by atoms with E-state index in [0.29, 0.717) is 6.54 Å². The molecule has 5 heteroatoms. The molecule has 0 atom stereocenters. The first kappa shape index (κ1) is 15.8. The molecule has 1 fully saturated rings. The van der Waals surface area contributed by atoms with Crippen LogP contribution in [0.5, 0.6) is 5.75 Å². The Balaban J connectivity index is 0.00000180. The van der Waals surface area contributed by atoms with E-state index in [1.54, 1.807) is 7.11 Å². The van der Waals surface area contributed by atoms with E-state index in [-0.39, 0.29) is 18.3 Å². The molecule has 0 spiro atoms. The fraction of sp³-hybridized carbons (Fsp3) is 0.500. The van der Waals surface area contributed by atoms with Crippen molar-refractivity contribution in [3.63, 3.8) is 0 Å². The molecule has 106 valence electrons. The summed E-state index contributed by atoms with van der Waals surface area (Å²) in [5.41, 5.74) is 0.788. The summed E-state index contributed by atoms with van der Waals surface area (Å²) < 4.78 is 5.12. The molecule has 1 amide bonds. The van der Waals surface area contributed by atoms with Crippen LogP contribution in [0.1, 0.15) is 19.3 Å². The Bertz CT molecular complexity index is 406. The minimum atomic E-state index is 0. The van der Waals surface area contributed by atoms with Crippen LogP contribution in [0.25, 0.3) is 0 Å². The van der Waals surface area contributed by atoms with E-state index >= 15 is 0 Å². The number of ether oxygens (including phenoxy) is 1. The van der Waals surface area contributed by atoms with E-state index in [9.17, 15) is 4.79 Å². The SMILES string of the molecule is COc1cccc(NC(=O)CN2CCCCC2)c1.Cl. The number of likely N-dealkylation sites (tertiary alicyclic amines) is 1. The third-order valence-corrected chi connectivity index (χ3v) is 3.17. The lowest BCUT2D eigenvalue weighted by molar-refractivity contribution is -0.117. The molecule has 1 aromatic carbocycles. The highest BCUT2D eigenvalue weighted by Gasteiger charge is 2.13. The van der Waals surface area contributed by atoms with E-state index in [0.717, 1.165) is 24.5 Å². The number of nitrogens with one attached hydrogen (secondary N) is 1. The lowest BCUT2D eigenvalue weighted by atomic mass is 10.1. The summed E-state index contributed by atoms with van der Waals surface area (Å²) in [5, 5.41) is 2.90. The molecule has 19 heavy (non-hydrogen) atoms. The molecule has 1 aliphatic rings. The molecule has 0 aliphatic carbocycles. The maximum Gasteiger partial charge on any atom is 0.238 e. The van der Waals surface area contributed by atoms with Gasteiger partial charge < -0.3 is 10.1 Å². The van der Waals surface area contributed by atoms with Crippen LogP contribution in [0.15, 0.2) is 24.3 Å². The van der Waals surface area contributed by atoms with Crippen LogP contribution in [-0.4, -0.2) is 37.6 Å². The highest BCUT2D eigenvalue weighted by molar-refractivity contribution is 5.92. The maximum atomic E-state index is 11.9. The number of piperidine rings is 1. The molecule has 0 unspecified atom stereocenters. The van der Waals surface area contributed by atoms with Gasteiger partial charge in [-0.05, 0) is 38.1 Å². The smallest absolute Gasteiger partial charge is 0.238 e. The van der Waals surface area contributed by atoms with Crippen molar-refractivity contribution in [1.29, 1.82) is 0 Å². The topological polar surface area (TPSA) is 41.6 Å². The van der Waals surface area contributed by atoms with Crippen molar-refractivity contribution >= 4 is 24.0 Å². The molecule has 0 saturated carbocycles. The van der Waals surface area contributed by atoms with Crippen LogP contribution in [0, 0.1) is 0 Å². The summed E-state index contributed by atoms with van der Waals surface area (Å²) >= 11 is 0. The van der Waals surface area contributed by atoms with Gasteiger partial charge in [0.15, 0.2) is 0 Å². The third kappa shape index (κ3) is 5.09. The minimum Gasteiger partial charge on any atom is -0.497 e. The van der Waals surface area contributed by atoms with Crippen LogP contribution in [0.2, 0.25) is 0 Å². The Morgan fingerprint density at radius 3 is 2.74 bits per heavy atom. The predicted octanol–water partition coefficient (Wildman–Crippen LogP) is 2.54. The molecule has 0 radical (unpaired) electrons. The van der Waals surface area contributed by atoms with E-state index in [1.165, 1.54) is 19.3 Å². The van der Waals surface area contributed by atoms with Crippen molar-refractivity contribution in [2.45, 2.75) is 19.3 Å². The largest absolute Gasteiger partial charge is 0.497 e. The second-order valence-electron chi connectivity index (χ2n) is 4.62. The van der Waals surface area contributed by atoms with Gasteiger partial charge in [-0.2, -0.15) is 0 Å². The zero-order chi connectivity index (χ0) is 12.8. The van der Waals surface area contributed by atoms with Crippen LogP contribution < -0.4 is 10.1 Å². The van der Waals surface area contributed by atoms with Gasteiger partial charge in [-0.15, -0.1) is 12.4 Å². The number of nitrogens with zero attached hydrogens (tertiary/aromatic N) is 1. The van der Waals surface area contributed by atoms with Crippen LogP contribution in [0.3, 0.4) is 0 Å². The second-order valence-corrected chi connectivity index (χ2v) is 4.62. The molecule has 1 aromatic rings. The van der Waals surface area contributed by atoms with Crippen molar-refractivity contribution in [1.82, 2.24) is 4.90 Å². The first-order chi connectivity index (χ1) is 8.78. The Kier molecular flexibility index (Phi) is 6.67. The molecule has 2 rings (SSSR count). The second kappa shape index (κ2) is 8.02. The van der Waals surface area contributed by atoms with Crippen molar-refractivity contribution in [3.05, 3.63) is 24.3 Å². The number of amides is 1. The quantitative estimate of drug-likeness (QED) is 0.924. The number of halogens is 1. The summed E-state index contributed by atoms with van der Waals surface area (Å²) in [4.78, 5) is 14.1. The summed E-state index contributed by atoms with van der Waals surface area (Å²) in [7, 11) is 1.62. The van der Waals surface area contributed by atoms with Gasteiger partial charge in [-0.3, -0.25) is 9.69 Å². The van der Waals surface area contributed by atoms with Gasteiger partial charge in [0.25, 0.3) is 0 Å². The standard InChI is InChI=1S/C14H20N2O2.ClH/c1-18-13-7-5-6-12(10-13)15-14(17)11-16-8-3-2-4-9-16;/h5-7,10H,2-4,8-9,11H2,1H3,(H,15,17);1H. The average molecular weight is 285 g/mol. The molecular formula is C14H21ClN2O2. The number of carbonyl (C=O) groups excluding carboxylic acids is 1. The number of anilines is 1. The van der Waals surface area contributed by atoms with Gasteiger partial charge in [0, 0.05) is 11.8 Å². The van der Waals surface area contributed by atoms with Crippen LogP contribution in [0.4, 0.5) is 5.69 Å². The highest BCUT2D eigenvalue weighted by atomic mass is 35.5. The third-order valence-electron chi connectivity index (χ3n) is 3.17. The lowest BCUT2D eigenvalue weighted by Crippen LogP contribution is -2.36. The van der Waals surface area contributed by atoms with Crippen molar-refractivity contribution < 1.29 is 9.53 Å². The van der Waals surface area contributed by atoms with Gasteiger partial charge in [-0.1, -0.05) is 12.5 Å². The number of carbonyl (C=O) groups is 1. The number of methoxy groups -OCH3 is 1. The summed E-state index contributed by atoms with van der Waals surface area (Å²) in [5.74, 6) is 0.802. The van der Waals surface area contributed by atoms with Gasteiger partial charge in [-0.25, -0.2) is 0 Å². The summed E-state index contributed by atoms with van der Waals surface area (Å²) in [6, 6.07) is 7.43. The van der Waals surface area contributed by atoms with E-state index in [4.69, 9.17) is 4.74 Å². The summed E-state index contributed by atoms with van der Waals surface area (Å²) in [6.45, 7) is 2.55. The molecule has 4 nitrogen and oxygen atoms in total. The van der Waals surface area contributed by atoms with E-state index in [2.05, 4.69) is 10.2 Å². The number of rotatable bonds is 4. The molecule has 1 heterocycles. The Morgan fingerprint density at radius 1 is 1.32 bits per heavy atom. The van der Waals surface area contributed by atoms with Crippen LogP contribution in [-0.2, 0) is 4.79 Å². The number of hydrogen-bond acceptors (Lipinski definition) is 3. The molecule has 1 aliphatic heterocycles. The predicted molar refractivity (Wildman–Crippen MR) is 79.2 cm³/mol. The summed E-state index contributed by atoms with van der Waals surface area (Å²) in [6.07, 6.45) is 3.69. The molecular weight excluding hydrogens is 264 g/mol. The molecule has 1 N–H and O–H groups in total. The van der Waals surface area contributed by atoms with Crippen molar-refractivity contribution in [3.8, 4) is 5.75 Å². The van der Waals surface area contributed by atoms with Gasteiger partial charge in [0.2, 0.25) is 5.91 Å². The van der Waals surface area contributed by atoms with Gasteiger partial charge in [0.1, 0.15) is 5.75 Å². The monoisotopic (exact) mass is 284 g/mol. The Hall–Kier alpha value is -1.26. The Morgan fingerprint density at radius 2 is 2.05 bits per heavy atom. The normalized spacial score (nSPS) is 15.4. The van der Waals surface area contributed by atoms with E-state index < -0.39 is 0 Å². The lowest BCUT2D eigenvalue weighted by Gasteiger charge is -2.25. The van der Waals surface area contributed by atoms with E-state index in [1.807, 2.05) is 24.3 Å². The maximum absolute atomic E-state index is 11.9. The van der Waals surface area contributed by atoms with Crippen molar-refractivity contribution in [2.75, 3.05) is 32.1 Å². The molecule has 0 aromatic heterocycles. The fourth-order valence-electron chi connectivity index (χ4n) is 2.22. The number of hydrogen-bond donors (Lipinski definition) is 1. The highest BCUT2D eigenvalue weighted by Crippen LogP contribution is 2.16. The Labute approximate surface area is 120 Å². The van der Waals surface area contributed by atoms with Crippen LogP contribution >= 0.6 is 12.4 Å². The fourth-order valence-corrected chi connectivity index (χ4v) is 2.22. The first-order valence-corrected chi connectivity index (χ1v) is 6.44. The van der Waals surface area contributed by atoms with Crippen molar-refractivity contribution in [2.24, 2.45) is 0 Å².